The topological polar surface area (TPSA) is 93.9 Å². The molecule has 0 saturated carbocycles. The van der Waals surface area contributed by atoms with Gasteiger partial charge in [0.15, 0.2) is 6.19 Å². The average molecular weight is 345 g/mol. The molecule has 1 amide bonds. The van der Waals surface area contributed by atoms with Crippen LogP contribution >= 0.6 is 0 Å². The van der Waals surface area contributed by atoms with Crippen molar-refractivity contribution < 1.29 is 19.4 Å². The number of hydrogen-bond acceptors (Lipinski definition) is 5. The molecule has 0 radical (unpaired) electrons. The number of benzene rings is 1. The number of carbonyl (C=O) groups is 2. The standard InChI is InChI=1S/C18H23N3O4/c1-2-25-17(22)8-11-21(13-19)16-5-3-4-15(12-16)14-6-9-20(10-7-14)18(23)24/h3-5,12,14H,2,6-11H2,1H3,(H,23,24). The van der Waals surface area contributed by atoms with Crippen LogP contribution in [0.5, 0.6) is 0 Å². The molecule has 0 aliphatic carbocycles. The molecule has 0 spiro atoms. The Bertz CT molecular complexity index is 648. The van der Waals surface area contributed by atoms with E-state index in [-0.39, 0.29) is 24.9 Å². The number of nitrogens with zero attached hydrogens (tertiary/aromatic N) is 3. The summed E-state index contributed by atoms with van der Waals surface area (Å²) in [7, 11) is 0. The van der Waals surface area contributed by atoms with E-state index in [0.717, 1.165) is 24.1 Å². The van der Waals surface area contributed by atoms with Gasteiger partial charge in [-0.3, -0.25) is 9.69 Å². The van der Waals surface area contributed by atoms with Gasteiger partial charge < -0.3 is 14.7 Å². The van der Waals surface area contributed by atoms with E-state index in [1.807, 2.05) is 24.3 Å². The van der Waals surface area contributed by atoms with Crippen LogP contribution in [-0.4, -0.2) is 48.3 Å². The first-order valence-electron chi connectivity index (χ1n) is 8.45. The van der Waals surface area contributed by atoms with Gasteiger partial charge in [0.25, 0.3) is 0 Å². The Balaban J connectivity index is 2.01. The van der Waals surface area contributed by atoms with Gasteiger partial charge in [-0.1, -0.05) is 12.1 Å². The van der Waals surface area contributed by atoms with E-state index in [4.69, 9.17) is 9.84 Å². The summed E-state index contributed by atoms with van der Waals surface area (Å²) in [6, 6.07) is 7.69. The first kappa shape index (κ1) is 18.6. The highest BCUT2D eigenvalue weighted by atomic mass is 16.5. The fourth-order valence-corrected chi connectivity index (χ4v) is 3.02. The van der Waals surface area contributed by atoms with Gasteiger partial charge in [-0.15, -0.1) is 0 Å². The predicted octanol–water partition coefficient (Wildman–Crippen LogP) is 2.78. The number of carboxylic acid groups (broad SMARTS) is 1. The Kier molecular flexibility index (Phi) is 6.63. The number of piperidine rings is 1. The van der Waals surface area contributed by atoms with E-state index in [2.05, 4.69) is 6.19 Å². The predicted molar refractivity (Wildman–Crippen MR) is 92.2 cm³/mol. The fraction of sp³-hybridized carbons (Fsp3) is 0.500. The summed E-state index contributed by atoms with van der Waals surface area (Å²) in [6.07, 6.45) is 2.93. The van der Waals surface area contributed by atoms with Gasteiger partial charge in [0.2, 0.25) is 0 Å². The third-order valence-electron chi connectivity index (χ3n) is 4.38. The average Bonchev–Trinajstić information content (AvgIpc) is 2.63. The summed E-state index contributed by atoms with van der Waals surface area (Å²) in [5.41, 5.74) is 1.84. The number of esters is 1. The van der Waals surface area contributed by atoms with Crippen molar-refractivity contribution >= 4 is 17.7 Å². The van der Waals surface area contributed by atoms with Crippen molar-refractivity contribution in [1.82, 2.24) is 4.90 Å². The second kappa shape index (κ2) is 8.92. The molecule has 25 heavy (non-hydrogen) atoms. The molecule has 0 bridgehead atoms. The zero-order valence-electron chi connectivity index (χ0n) is 14.4. The highest BCUT2D eigenvalue weighted by molar-refractivity contribution is 5.70. The smallest absolute Gasteiger partial charge is 0.407 e. The van der Waals surface area contributed by atoms with Crippen molar-refractivity contribution in [1.29, 1.82) is 5.26 Å². The van der Waals surface area contributed by atoms with Gasteiger partial charge >= 0.3 is 12.1 Å². The summed E-state index contributed by atoms with van der Waals surface area (Å²) in [5.74, 6) is -0.0407. The lowest BCUT2D eigenvalue weighted by Gasteiger charge is -2.30. The molecule has 1 saturated heterocycles. The lowest BCUT2D eigenvalue weighted by molar-refractivity contribution is -0.142. The van der Waals surface area contributed by atoms with Crippen molar-refractivity contribution in [3.05, 3.63) is 29.8 Å². The lowest BCUT2D eigenvalue weighted by Crippen LogP contribution is -2.36. The number of amides is 1. The molecule has 134 valence electrons. The van der Waals surface area contributed by atoms with E-state index in [1.54, 1.807) is 6.92 Å². The van der Waals surface area contributed by atoms with Gasteiger partial charge in [-0.05, 0) is 43.4 Å². The Morgan fingerprint density at radius 2 is 2.12 bits per heavy atom. The number of anilines is 1. The normalized spacial score (nSPS) is 14.6. The van der Waals surface area contributed by atoms with E-state index >= 15 is 0 Å². The van der Waals surface area contributed by atoms with E-state index in [9.17, 15) is 14.9 Å². The first-order chi connectivity index (χ1) is 12.0. The molecule has 0 atom stereocenters. The Morgan fingerprint density at radius 1 is 1.40 bits per heavy atom. The molecular formula is C18H23N3O4. The summed E-state index contributed by atoms with van der Waals surface area (Å²) < 4.78 is 4.89. The number of hydrogen-bond donors (Lipinski definition) is 1. The van der Waals surface area contributed by atoms with Crippen LogP contribution < -0.4 is 4.90 Å². The van der Waals surface area contributed by atoms with Gasteiger partial charge in [-0.25, -0.2) is 4.79 Å². The van der Waals surface area contributed by atoms with Crippen molar-refractivity contribution in [2.75, 3.05) is 31.1 Å². The van der Waals surface area contributed by atoms with Gasteiger partial charge in [0.1, 0.15) is 0 Å². The molecule has 2 rings (SSSR count). The molecule has 0 unspecified atom stereocenters. The van der Waals surface area contributed by atoms with Crippen molar-refractivity contribution in [3.8, 4) is 6.19 Å². The molecule has 0 aromatic heterocycles. The molecule has 7 nitrogen and oxygen atoms in total. The van der Waals surface area contributed by atoms with Crippen LogP contribution in [0.1, 0.15) is 37.7 Å². The number of likely N-dealkylation sites (tertiary alicyclic amines) is 1. The highest BCUT2D eigenvalue weighted by Gasteiger charge is 2.23. The number of ether oxygens (including phenoxy) is 1. The minimum Gasteiger partial charge on any atom is -0.466 e. The molecule has 1 fully saturated rings. The second-order valence-electron chi connectivity index (χ2n) is 5.95. The largest absolute Gasteiger partial charge is 0.466 e. The lowest BCUT2D eigenvalue weighted by atomic mass is 9.89. The van der Waals surface area contributed by atoms with Gasteiger partial charge in [0, 0.05) is 19.6 Å². The van der Waals surface area contributed by atoms with Gasteiger partial charge in [-0.2, -0.15) is 5.26 Å². The Labute approximate surface area is 147 Å². The van der Waals surface area contributed by atoms with Crippen molar-refractivity contribution in [2.24, 2.45) is 0 Å². The number of rotatable bonds is 6. The Hall–Kier alpha value is -2.75. The maximum absolute atomic E-state index is 11.5. The molecular weight excluding hydrogens is 322 g/mol. The minimum atomic E-state index is -0.873. The van der Waals surface area contributed by atoms with Crippen LogP contribution in [0.15, 0.2) is 24.3 Å². The number of nitriles is 1. The third kappa shape index (κ3) is 5.11. The molecule has 1 heterocycles. The minimum absolute atomic E-state index is 0.155. The van der Waals surface area contributed by atoms with Gasteiger partial charge in [0.05, 0.1) is 18.7 Å². The van der Waals surface area contributed by atoms with E-state index in [0.29, 0.717) is 19.7 Å². The second-order valence-corrected chi connectivity index (χ2v) is 5.95. The summed E-state index contributed by atoms with van der Waals surface area (Å²) in [6.45, 7) is 3.40. The van der Waals surface area contributed by atoms with E-state index in [1.165, 1.54) is 9.80 Å². The highest BCUT2D eigenvalue weighted by Crippen LogP contribution is 2.30. The van der Waals surface area contributed by atoms with Crippen molar-refractivity contribution in [2.45, 2.75) is 32.1 Å². The molecule has 1 aromatic rings. The summed E-state index contributed by atoms with van der Waals surface area (Å²) in [4.78, 5) is 25.4. The molecule has 7 heteroatoms. The maximum atomic E-state index is 11.5. The van der Waals surface area contributed by atoms with Crippen LogP contribution in [0.4, 0.5) is 10.5 Å². The zero-order chi connectivity index (χ0) is 18.2. The number of carbonyl (C=O) groups excluding carboxylic acids is 1. The van der Waals surface area contributed by atoms with Crippen LogP contribution in [-0.2, 0) is 9.53 Å². The fourth-order valence-electron chi connectivity index (χ4n) is 3.02. The Morgan fingerprint density at radius 3 is 2.72 bits per heavy atom. The monoisotopic (exact) mass is 345 g/mol. The van der Waals surface area contributed by atoms with Crippen LogP contribution in [0.2, 0.25) is 0 Å². The molecule has 1 aromatic carbocycles. The zero-order valence-corrected chi connectivity index (χ0v) is 14.4. The third-order valence-corrected chi connectivity index (χ3v) is 4.38. The summed E-state index contributed by atoms with van der Waals surface area (Å²) >= 11 is 0. The van der Waals surface area contributed by atoms with Crippen LogP contribution in [0.3, 0.4) is 0 Å². The maximum Gasteiger partial charge on any atom is 0.407 e. The first-order valence-corrected chi connectivity index (χ1v) is 8.45. The SMILES string of the molecule is CCOC(=O)CCN(C#N)c1cccc(C2CCN(C(=O)O)CC2)c1. The van der Waals surface area contributed by atoms with Crippen molar-refractivity contribution in [3.63, 3.8) is 0 Å². The molecule has 1 aliphatic rings. The quantitative estimate of drug-likeness (QED) is 0.484. The molecule has 1 N–H and O–H groups in total. The molecule has 1 aliphatic heterocycles. The van der Waals surface area contributed by atoms with E-state index < -0.39 is 6.09 Å². The summed E-state index contributed by atoms with van der Waals surface area (Å²) in [5, 5.41) is 18.4. The van der Waals surface area contributed by atoms with Crippen LogP contribution in [0.25, 0.3) is 0 Å². The van der Waals surface area contributed by atoms with Crippen LogP contribution in [0, 0.1) is 11.5 Å².